The van der Waals surface area contributed by atoms with Crippen LogP contribution in [0, 0.1) is 0 Å². The largest absolute Gasteiger partial charge is 0.416 e. The molecule has 0 radical (unpaired) electrons. The summed E-state index contributed by atoms with van der Waals surface area (Å²) in [5.41, 5.74) is -0.00644. The van der Waals surface area contributed by atoms with Crippen molar-refractivity contribution in [2.75, 3.05) is 26.0 Å². The number of hydrogen-bond acceptors (Lipinski definition) is 5. The van der Waals surface area contributed by atoms with Crippen LogP contribution in [-0.2, 0) is 6.18 Å². The molecule has 1 heterocycles. The summed E-state index contributed by atoms with van der Waals surface area (Å²) < 4.78 is 43.1. The van der Waals surface area contributed by atoms with Crippen molar-refractivity contribution in [1.82, 2.24) is 14.3 Å². The first-order valence-electron chi connectivity index (χ1n) is 7.75. The van der Waals surface area contributed by atoms with Gasteiger partial charge in [0.05, 0.1) is 11.6 Å². The molecule has 0 aliphatic heterocycles. The lowest BCUT2D eigenvalue weighted by Gasteiger charge is -2.25. The molecule has 1 fully saturated rings. The Hall–Kier alpha value is -1.67. The molecule has 1 aromatic heterocycles. The first kappa shape index (κ1) is 17.2. The molecule has 130 valence electrons. The second-order valence-corrected chi connectivity index (χ2v) is 6.97. The number of hydrogen-bond donors (Lipinski definition) is 1. The van der Waals surface area contributed by atoms with Crippen LogP contribution in [0.3, 0.4) is 0 Å². The van der Waals surface area contributed by atoms with Gasteiger partial charge in [-0.2, -0.15) is 17.5 Å². The smallest absolute Gasteiger partial charge is 0.358 e. The van der Waals surface area contributed by atoms with Crippen LogP contribution in [0.4, 0.5) is 18.3 Å². The van der Waals surface area contributed by atoms with Gasteiger partial charge in [-0.3, -0.25) is 0 Å². The van der Waals surface area contributed by atoms with Crippen molar-refractivity contribution in [2.24, 2.45) is 0 Å². The van der Waals surface area contributed by atoms with Gasteiger partial charge in [0, 0.05) is 24.0 Å². The zero-order valence-corrected chi connectivity index (χ0v) is 14.3. The predicted molar refractivity (Wildman–Crippen MR) is 88.2 cm³/mol. The van der Waals surface area contributed by atoms with Gasteiger partial charge in [-0.25, -0.2) is 4.98 Å². The molecule has 2 aromatic rings. The summed E-state index contributed by atoms with van der Waals surface area (Å²) in [6, 6.07) is 5.28. The van der Waals surface area contributed by atoms with E-state index < -0.39 is 11.7 Å². The summed E-state index contributed by atoms with van der Waals surface area (Å²) in [7, 11) is 3.70. The maximum absolute atomic E-state index is 12.9. The third-order valence-corrected chi connectivity index (χ3v) is 4.74. The fourth-order valence-electron chi connectivity index (χ4n) is 2.52. The van der Waals surface area contributed by atoms with Crippen molar-refractivity contribution in [2.45, 2.75) is 31.0 Å². The van der Waals surface area contributed by atoms with E-state index in [1.54, 1.807) is 6.07 Å². The van der Waals surface area contributed by atoms with Crippen LogP contribution in [0.1, 0.15) is 41.8 Å². The van der Waals surface area contributed by atoms with Crippen molar-refractivity contribution in [3.8, 4) is 0 Å². The number of halogens is 3. The molecule has 1 aromatic carbocycles. The lowest BCUT2D eigenvalue weighted by Crippen LogP contribution is -2.27. The third-order valence-electron chi connectivity index (χ3n) is 4.05. The van der Waals surface area contributed by atoms with Crippen LogP contribution in [0.25, 0.3) is 0 Å². The Balaban J connectivity index is 1.72. The second-order valence-electron chi connectivity index (χ2n) is 6.22. The maximum atomic E-state index is 12.9. The summed E-state index contributed by atoms with van der Waals surface area (Å²) in [4.78, 5) is 6.35. The van der Waals surface area contributed by atoms with E-state index in [0.29, 0.717) is 18.0 Å². The molecule has 1 aliphatic carbocycles. The van der Waals surface area contributed by atoms with Crippen LogP contribution < -0.4 is 5.32 Å². The minimum atomic E-state index is -4.33. The van der Waals surface area contributed by atoms with Crippen molar-refractivity contribution in [1.29, 1.82) is 0 Å². The fraction of sp³-hybridized carbons (Fsp3) is 0.500. The topological polar surface area (TPSA) is 41.0 Å². The van der Waals surface area contributed by atoms with E-state index in [1.165, 1.54) is 23.7 Å². The molecule has 24 heavy (non-hydrogen) atoms. The van der Waals surface area contributed by atoms with E-state index in [1.807, 2.05) is 19.0 Å². The van der Waals surface area contributed by atoms with Gasteiger partial charge < -0.3 is 10.2 Å². The van der Waals surface area contributed by atoms with Crippen LogP contribution >= 0.6 is 11.5 Å². The number of nitrogens with zero attached hydrogens (tertiary/aromatic N) is 3. The molecule has 1 atom stereocenters. The molecule has 3 rings (SSSR count). The van der Waals surface area contributed by atoms with Gasteiger partial charge in [-0.15, -0.1) is 0 Å². The van der Waals surface area contributed by atoms with E-state index in [0.717, 1.165) is 29.9 Å². The molecule has 0 saturated heterocycles. The second kappa shape index (κ2) is 6.68. The van der Waals surface area contributed by atoms with Crippen LogP contribution in [-0.4, -0.2) is 34.9 Å². The van der Waals surface area contributed by atoms with Crippen LogP contribution in [0.5, 0.6) is 0 Å². The van der Waals surface area contributed by atoms with Gasteiger partial charge in [0.1, 0.15) is 5.82 Å². The molecule has 0 spiro atoms. The Morgan fingerprint density at radius 1 is 1.33 bits per heavy atom. The van der Waals surface area contributed by atoms with E-state index in [-0.39, 0.29) is 6.04 Å². The van der Waals surface area contributed by atoms with Gasteiger partial charge in [-0.05, 0) is 44.6 Å². The average molecular weight is 356 g/mol. The number of rotatable bonds is 6. The van der Waals surface area contributed by atoms with Gasteiger partial charge in [0.25, 0.3) is 0 Å². The standard InChI is InChI=1S/C16H19F3N4S/c1-23(2)13(11-4-3-5-12(8-11)16(17,18)19)9-20-15-21-14(22-24-15)10-6-7-10/h3-5,8,10,13H,6-7,9H2,1-2H3,(H,20,21,22). The summed E-state index contributed by atoms with van der Waals surface area (Å²) in [6.07, 6.45) is -2.06. The average Bonchev–Trinajstić information content (AvgIpc) is 3.26. The van der Waals surface area contributed by atoms with Crippen LogP contribution in [0.2, 0.25) is 0 Å². The molecule has 1 unspecified atom stereocenters. The Morgan fingerprint density at radius 2 is 2.08 bits per heavy atom. The van der Waals surface area contributed by atoms with Gasteiger partial charge >= 0.3 is 6.18 Å². The summed E-state index contributed by atoms with van der Waals surface area (Å²) in [5, 5.41) is 3.93. The minimum absolute atomic E-state index is 0.194. The quantitative estimate of drug-likeness (QED) is 0.844. The molecule has 1 N–H and O–H groups in total. The van der Waals surface area contributed by atoms with Gasteiger partial charge in [0.2, 0.25) is 5.13 Å². The van der Waals surface area contributed by atoms with Crippen molar-refractivity contribution in [3.05, 3.63) is 41.2 Å². The summed E-state index contributed by atoms with van der Waals surface area (Å²) in [5.74, 6) is 1.37. The molecule has 0 amide bonds. The fourth-order valence-corrected chi connectivity index (χ4v) is 3.17. The zero-order chi connectivity index (χ0) is 17.3. The van der Waals surface area contributed by atoms with E-state index >= 15 is 0 Å². The van der Waals surface area contributed by atoms with Crippen molar-refractivity contribution >= 4 is 16.7 Å². The summed E-state index contributed by atoms with van der Waals surface area (Å²) in [6.45, 7) is 0.466. The summed E-state index contributed by atoms with van der Waals surface area (Å²) >= 11 is 1.30. The molecule has 8 heteroatoms. The van der Waals surface area contributed by atoms with E-state index in [4.69, 9.17) is 0 Å². The number of benzene rings is 1. The Kier molecular flexibility index (Phi) is 4.78. The lowest BCUT2D eigenvalue weighted by molar-refractivity contribution is -0.137. The zero-order valence-electron chi connectivity index (χ0n) is 13.5. The highest BCUT2D eigenvalue weighted by atomic mass is 32.1. The monoisotopic (exact) mass is 356 g/mol. The molecule has 4 nitrogen and oxygen atoms in total. The number of anilines is 1. The van der Waals surface area contributed by atoms with E-state index in [2.05, 4.69) is 14.7 Å². The van der Waals surface area contributed by atoms with Gasteiger partial charge in [-0.1, -0.05) is 12.1 Å². The first-order valence-corrected chi connectivity index (χ1v) is 8.53. The molecular formula is C16H19F3N4S. The number of aromatic nitrogens is 2. The highest BCUT2D eigenvalue weighted by Crippen LogP contribution is 2.39. The van der Waals surface area contributed by atoms with Crippen LogP contribution in [0.15, 0.2) is 24.3 Å². The van der Waals surface area contributed by atoms with E-state index in [9.17, 15) is 13.2 Å². The number of likely N-dealkylation sites (N-methyl/N-ethyl adjacent to an activating group) is 1. The Labute approximate surface area is 142 Å². The normalized spacial score (nSPS) is 16.4. The first-order chi connectivity index (χ1) is 11.3. The number of alkyl halides is 3. The maximum Gasteiger partial charge on any atom is 0.416 e. The molecule has 0 bridgehead atoms. The molecule has 1 saturated carbocycles. The number of nitrogens with one attached hydrogen (secondary N) is 1. The van der Waals surface area contributed by atoms with Gasteiger partial charge in [0.15, 0.2) is 0 Å². The lowest BCUT2D eigenvalue weighted by atomic mass is 10.0. The SMILES string of the molecule is CN(C)C(CNc1nc(C2CC2)ns1)c1cccc(C(F)(F)F)c1. The Bertz CT molecular complexity index is 695. The van der Waals surface area contributed by atoms with Crippen molar-refractivity contribution < 1.29 is 13.2 Å². The third kappa shape index (κ3) is 4.05. The minimum Gasteiger partial charge on any atom is -0.358 e. The molecular weight excluding hydrogens is 337 g/mol. The van der Waals surface area contributed by atoms with Crippen molar-refractivity contribution in [3.63, 3.8) is 0 Å². The predicted octanol–water partition coefficient (Wildman–Crippen LogP) is 4.15. The Morgan fingerprint density at radius 3 is 2.71 bits per heavy atom. The highest BCUT2D eigenvalue weighted by Gasteiger charge is 2.31. The molecule has 1 aliphatic rings. The highest BCUT2D eigenvalue weighted by molar-refractivity contribution is 7.09.